The van der Waals surface area contributed by atoms with Crippen LogP contribution in [0.25, 0.3) is 0 Å². The highest BCUT2D eigenvalue weighted by Gasteiger charge is 2.20. The molecule has 0 aliphatic carbocycles. The molecule has 0 bridgehead atoms. The van der Waals surface area contributed by atoms with Crippen LogP contribution in [0.2, 0.25) is 10.0 Å². The minimum absolute atomic E-state index is 0.0200. The van der Waals surface area contributed by atoms with Crippen LogP contribution in [-0.2, 0) is 0 Å². The molecule has 6 heteroatoms. The molecule has 17 heavy (non-hydrogen) atoms. The first-order valence-electron chi connectivity index (χ1n) is 5.09. The van der Waals surface area contributed by atoms with Crippen LogP contribution in [0, 0.1) is 0 Å². The molecule has 4 nitrogen and oxygen atoms in total. The van der Waals surface area contributed by atoms with E-state index in [9.17, 15) is 0 Å². The van der Waals surface area contributed by atoms with Crippen LogP contribution in [0.4, 0.5) is 0 Å². The minimum atomic E-state index is -0.0200. The van der Waals surface area contributed by atoms with Gasteiger partial charge in [0.2, 0.25) is 0 Å². The van der Waals surface area contributed by atoms with Crippen molar-refractivity contribution < 1.29 is 4.74 Å². The van der Waals surface area contributed by atoms with Crippen LogP contribution in [-0.4, -0.2) is 14.2 Å². The van der Waals surface area contributed by atoms with Crippen molar-refractivity contribution in [3.05, 3.63) is 39.6 Å². The number of ether oxygens (including phenoxy) is 1. The Kier molecular flexibility index (Phi) is 3.66. The van der Waals surface area contributed by atoms with Crippen LogP contribution in [0.5, 0.6) is 5.75 Å². The highest BCUT2D eigenvalue weighted by molar-refractivity contribution is 6.34. The number of rotatable bonds is 3. The normalized spacial score (nSPS) is 18.6. The van der Waals surface area contributed by atoms with Crippen LogP contribution in [0.1, 0.15) is 11.6 Å². The number of nitrogens with one attached hydrogen (secondary N) is 3. The average molecular weight is 274 g/mol. The largest absolute Gasteiger partial charge is 0.495 e. The van der Waals surface area contributed by atoms with E-state index in [1.165, 1.54) is 0 Å². The zero-order valence-corrected chi connectivity index (χ0v) is 11.0. The molecular formula is C11H13Cl2N3O. The van der Waals surface area contributed by atoms with Crippen LogP contribution < -0.4 is 20.9 Å². The first kappa shape index (κ1) is 12.4. The van der Waals surface area contributed by atoms with E-state index in [1.54, 1.807) is 19.2 Å². The third-order valence-electron chi connectivity index (χ3n) is 2.57. The lowest BCUT2D eigenvalue weighted by Crippen LogP contribution is -2.30. The average Bonchev–Trinajstić information content (AvgIpc) is 2.80. The third-order valence-corrected chi connectivity index (χ3v) is 3.19. The van der Waals surface area contributed by atoms with Gasteiger partial charge in [0.05, 0.1) is 18.2 Å². The molecule has 0 spiro atoms. The molecule has 3 N–H and O–H groups in total. The lowest BCUT2D eigenvalue weighted by Gasteiger charge is -2.13. The second-order valence-corrected chi connectivity index (χ2v) is 4.40. The number of halogens is 2. The second kappa shape index (κ2) is 5.04. The van der Waals surface area contributed by atoms with Crippen molar-refractivity contribution in [3.63, 3.8) is 0 Å². The maximum atomic E-state index is 6.20. The molecule has 1 aliphatic rings. The van der Waals surface area contributed by atoms with Crippen molar-refractivity contribution in [2.24, 2.45) is 0 Å². The van der Waals surface area contributed by atoms with Gasteiger partial charge >= 0.3 is 0 Å². The summed E-state index contributed by atoms with van der Waals surface area (Å²) in [5.74, 6) is 1.47. The lowest BCUT2D eigenvalue weighted by molar-refractivity contribution is 0.414. The molecule has 0 fully saturated rings. The molecule has 92 valence electrons. The number of hydrogen-bond acceptors (Lipinski definition) is 4. The van der Waals surface area contributed by atoms with Gasteiger partial charge in [-0.25, -0.2) is 5.43 Å². The molecule has 1 aliphatic heterocycles. The first-order valence-corrected chi connectivity index (χ1v) is 5.85. The smallest absolute Gasteiger partial charge is 0.138 e. The van der Waals surface area contributed by atoms with Gasteiger partial charge in [0.25, 0.3) is 0 Å². The third kappa shape index (κ3) is 2.44. The maximum absolute atomic E-state index is 6.20. The molecule has 1 unspecified atom stereocenters. The SMILES string of the molecule is CNC1=CC(c2cc(Cl)c(OC)cc2Cl)NN1. The second-order valence-electron chi connectivity index (χ2n) is 3.59. The van der Waals surface area contributed by atoms with Gasteiger partial charge in [-0.05, 0) is 17.7 Å². The summed E-state index contributed by atoms with van der Waals surface area (Å²) in [5, 5.41) is 4.16. The van der Waals surface area contributed by atoms with Gasteiger partial charge in [-0.2, -0.15) is 0 Å². The Labute approximate surface area is 110 Å². The van der Waals surface area contributed by atoms with Gasteiger partial charge in [0.15, 0.2) is 0 Å². The van der Waals surface area contributed by atoms with Crippen molar-refractivity contribution >= 4 is 23.2 Å². The van der Waals surface area contributed by atoms with Gasteiger partial charge in [0, 0.05) is 18.1 Å². The molecule has 1 aromatic carbocycles. The molecule has 0 radical (unpaired) electrons. The van der Waals surface area contributed by atoms with E-state index in [-0.39, 0.29) is 6.04 Å². The Morgan fingerprint density at radius 3 is 2.65 bits per heavy atom. The summed E-state index contributed by atoms with van der Waals surface area (Å²) in [6.07, 6.45) is 1.99. The zero-order chi connectivity index (χ0) is 12.4. The first-order chi connectivity index (χ1) is 8.15. The van der Waals surface area contributed by atoms with E-state index in [0.717, 1.165) is 11.4 Å². The van der Waals surface area contributed by atoms with Gasteiger partial charge < -0.3 is 15.5 Å². The van der Waals surface area contributed by atoms with E-state index in [2.05, 4.69) is 16.2 Å². The molecule has 0 amide bonds. The van der Waals surface area contributed by atoms with Crippen LogP contribution in [0.3, 0.4) is 0 Å². The fourth-order valence-corrected chi connectivity index (χ4v) is 2.18. The fourth-order valence-electron chi connectivity index (χ4n) is 1.66. The Balaban J connectivity index is 2.34. The fraction of sp³-hybridized carbons (Fsp3) is 0.273. The highest BCUT2D eigenvalue weighted by Crippen LogP contribution is 2.35. The van der Waals surface area contributed by atoms with Crippen molar-refractivity contribution in [1.82, 2.24) is 16.2 Å². The predicted molar refractivity (Wildman–Crippen MR) is 69.2 cm³/mol. The predicted octanol–water partition coefficient (Wildman–Crippen LogP) is 2.21. The number of benzene rings is 1. The molecule has 1 atom stereocenters. The standard InChI is InChI=1S/C11H13Cl2N3O/c1-14-11-5-9(15-16-11)6-3-8(13)10(17-2)4-7(6)12/h3-5,9,14-16H,1-2H3. The molecule has 2 rings (SSSR count). The summed E-state index contributed by atoms with van der Waals surface area (Å²) in [5.41, 5.74) is 6.99. The number of hydrogen-bond donors (Lipinski definition) is 3. The monoisotopic (exact) mass is 273 g/mol. The van der Waals surface area contributed by atoms with E-state index < -0.39 is 0 Å². The lowest BCUT2D eigenvalue weighted by atomic mass is 10.1. The van der Waals surface area contributed by atoms with E-state index in [0.29, 0.717) is 15.8 Å². The molecule has 0 aromatic heterocycles. The maximum Gasteiger partial charge on any atom is 0.138 e. The molecule has 1 heterocycles. The minimum Gasteiger partial charge on any atom is -0.495 e. The van der Waals surface area contributed by atoms with Crippen LogP contribution in [0.15, 0.2) is 24.0 Å². The summed E-state index contributed by atoms with van der Waals surface area (Å²) in [6.45, 7) is 0. The molecule has 1 aromatic rings. The number of methoxy groups -OCH3 is 1. The summed E-state index contributed by atoms with van der Waals surface area (Å²) in [4.78, 5) is 0. The van der Waals surface area contributed by atoms with E-state index in [1.807, 2.05) is 13.1 Å². The van der Waals surface area contributed by atoms with E-state index >= 15 is 0 Å². The summed E-state index contributed by atoms with van der Waals surface area (Å²) in [7, 11) is 3.40. The Bertz CT molecular complexity index is 462. The van der Waals surface area contributed by atoms with Crippen molar-refractivity contribution in [2.75, 3.05) is 14.2 Å². The molecular weight excluding hydrogens is 261 g/mol. The van der Waals surface area contributed by atoms with Crippen molar-refractivity contribution in [2.45, 2.75) is 6.04 Å². The number of hydrazine groups is 1. The van der Waals surface area contributed by atoms with Gasteiger partial charge in [-0.15, -0.1) is 0 Å². The van der Waals surface area contributed by atoms with Crippen LogP contribution >= 0.6 is 23.2 Å². The summed E-state index contributed by atoms with van der Waals surface area (Å²) >= 11 is 12.3. The highest BCUT2D eigenvalue weighted by atomic mass is 35.5. The zero-order valence-electron chi connectivity index (χ0n) is 9.47. The Hall–Kier alpha value is -1.10. The van der Waals surface area contributed by atoms with Gasteiger partial charge in [0.1, 0.15) is 11.6 Å². The summed E-state index contributed by atoms with van der Waals surface area (Å²) < 4.78 is 5.11. The molecule has 0 saturated heterocycles. The quantitative estimate of drug-likeness (QED) is 0.790. The van der Waals surface area contributed by atoms with E-state index in [4.69, 9.17) is 27.9 Å². The van der Waals surface area contributed by atoms with Crippen molar-refractivity contribution in [3.8, 4) is 5.75 Å². The Morgan fingerprint density at radius 1 is 1.29 bits per heavy atom. The summed E-state index contributed by atoms with van der Waals surface area (Å²) in [6, 6.07) is 3.50. The van der Waals surface area contributed by atoms with Crippen molar-refractivity contribution in [1.29, 1.82) is 0 Å². The van der Waals surface area contributed by atoms with Gasteiger partial charge in [-0.1, -0.05) is 23.2 Å². The molecule has 0 saturated carbocycles. The topological polar surface area (TPSA) is 45.3 Å². The van der Waals surface area contributed by atoms with Gasteiger partial charge in [-0.3, -0.25) is 0 Å². The Morgan fingerprint density at radius 2 is 2.06 bits per heavy atom.